The first kappa shape index (κ1) is 22.4. The van der Waals surface area contributed by atoms with Crippen molar-refractivity contribution >= 4 is 34.7 Å². The summed E-state index contributed by atoms with van der Waals surface area (Å²) in [4.78, 5) is 30.7. The van der Waals surface area contributed by atoms with Crippen molar-refractivity contribution in [1.82, 2.24) is 4.90 Å². The highest BCUT2D eigenvalue weighted by molar-refractivity contribution is 6.45. The van der Waals surface area contributed by atoms with Crippen molar-refractivity contribution in [2.45, 2.75) is 33.6 Å². The maximum absolute atomic E-state index is 13.7. The van der Waals surface area contributed by atoms with Crippen molar-refractivity contribution in [3.05, 3.63) is 64.8 Å². The number of halogens is 1. The molecule has 2 atom stereocenters. The Balaban J connectivity index is 1.77. The van der Waals surface area contributed by atoms with Crippen LogP contribution in [0.1, 0.15) is 39.2 Å². The van der Waals surface area contributed by atoms with Gasteiger partial charge < -0.3 is 9.64 Å². The van der Waals surface area contributed by atoms with Gasteiger partial charge in [0.1, 0.15) is 11.4 Å². The smallest absolute Gasteiger partial charge is 0.282 e. The lowest BCUT2D eigenvalue weighted by Crippen LogP contribution is -2.42. The minimum atomic E-state index is -0.319. The predicted molar refractivity (Wildman–Crippen MR) is 128 cm³/mol. The Morgan fingerprint density at radius 2 is 1.69 bits per heavy atom. The average Bonchev–Trinajstić information content (AvgIpc) is 3.02. The first-order valence-corrected chi connectivity index (χ1v) is 11.6. The zero-order chi connectivity index (χ0) is 22.8. The van der Waals surface area contributed by atoms with Gasteiger partial charge in [0.25, 0.3) is 11.8 Å². The van der Waals surface area contributed by atoms with Gasteiger partial charge >= 0.3 is 0 Å². The van der Waals surface area contributed by atoms with Gasteiger partial charge in [-0.2, -0.15) is 0 Å². The first-order valence-electron chi connectivity index (χ1n) is 11.3. The monoisotopic (exact) mass is 452 g/mol. The van der Waals surface area contributed by atoms with Crippen LogP contribution >= 0.6 is 11.6 Å². The lowest BCUT2D eigenvalue weighted by atomic mass is 9.91. The molecule has 2 amide bonds. The zero-order valence-corrected chi connectivity index (χ0v) is 19.6. The molecule has 1 saturated heterocycles. The van der Waals surface area contributed by atoms with Gasteiger partial charge in [0.2, 0.25) is 0 Å². The van der Waals surface area contributed by atoms with E-state index in [0.717, 1.165) is 37.2 Å². The molecule has 2 aromatic carbocycles. The number of hydrogen-bond donors (Lipinski definition) is 0. The third-order valence-corrected chi connectivity index (χ3v) is 6.16. The molecule has 0 saturated carbocycles. The summed E-state index contributed by atoms with van der Waals surface area (Å²) in [6.07, 6.45) is 2.03. The highest BCUT2D eigenvalue weighted by Gasteiger charge is 2.43. The number of amides is 2. The van der Waals surface area contributed by atoms with E-state index in [1.54, 1.807) is 24.3 Å². The molecule has 32 heavy (non-hydrogen) atoms. The van der Waals surface area contributed by atoms with Crippen LogP contribution < -0.4 is 9.64 Å². The van der Waals surface area contributed by atoms with E-state index in [0.29, 0.717) is 40.4 Å². The first-order chi connectivity index (χ1) is 15.4. The molecule has 2 unspecified atom stereocenters. The number of anilines is 1. The quantitative estimate of drug-likeness (QED) is 0.551. The van der Waals surface area contributed by atoms with Crippen LogP contribution in [0.3, 0.4) is 0 Å². The van der Waals surface area contributed by atoms with E-state index < -0.39 is 0 Å². The maximum atomic E-state index is 13.7. The largest absolute Gasteiger partial charge is 0.494 e. The summed E-state index contributed by atoms with van der Waals surface area (Å²) in [6.45, 7) is 8.58. The van der Waals surface area contributed by atoms with Crippen LogP contribution in [0.15, 0.2) is 54.2 Å². The average molecular weight is 453 g/mol. The van der Waals surface area contributed by atoms with Gasteiger partial charge in [-0.25, -0.2) is 4.90 Å². The molecule has 2 aliphatic rings. The van der Waals surface area contributed by atoms with Gasteiger partial charge in [0.05, 0.1) is 17.9 Å². The molecule has 6 heteroatoms. The van der Waals surface area contributed by atoms with Crippen molar-refractivity contribution in [2.75, 3.05) is 24.6 Å². The second-order valence-electron chi connectivity index (χ2n) is 8.87. The number of carbonyl (C=O) groups is 2. The van der Waals surface area contributed by atoms with E-state index in [4.69, 9.17) is 16.3 Å². The Bertz CT molecular complexity index is 1040. The number of likely N-dealkylation sites (tertiary alicyclic amines) is 1. The minimum Gasteiger partial charge on any atom is -0.494 e. The molecular formula is C26H29ClN2O3. The van der Waals surface area contributed by atoms with Gasteiger partial charge in [-0.3, -0.25) is 9.59 Å². The second kappa shape index (κ2) is 9.37. The molecule has 2 aromatic rings. The molecule has 0 N–H and O–H groups in total. The number of imide groups is 1. The molecule has 0 spiro atoms. The zero-order valence-electron chi connectivity index (χ0n) is 18.8. The Labute approximate surface area is 194 Å². The molecule has 0 aromatic heterocycles. The van der Waals surface area contributed by atoms with Crippen molar-refractivity contribution in [3.63, 3.8) is 0 Å². The summed E-state index contributed by atoms with van der Waals surface area (Å²) >= 11 is 6.17. The summed E-state index contributed by atoms with van der Waals surface area (Å²) in [5, 5.41) is 0.482. The van der Waals surface area contributed by atoms with E-state index >= 15 is 0 Å². The topological polar surface area (TPSA) is 49.9 Å². The number of carbonyl (C=O) groups excluding carboxylic acids is 2. The van der Waals surface area contributed by atoms with Crippen molar-refractivity contribution in [1.29, 1.82) is 0 Å². The van der Waals surface area contributed by atoms with Gasteiger partial charge in [-0.05, 0) is 60.6 Å². The van der Waals surface area contributed by atoms with Crippen LogP contribution in [0.25, 0.3) is 5.57 Å². The maximum Gasteiger partial charge on any atom is 0.282 e. The lowest BCUT2D eigenvalue weighted by molar-refractivity contribution is -0.120. The summed E-state index contributed by atoms with van der Waals surface area (Å²) in [7, 11) is 0. The van der Waals surface area contributed by atoms with Crippen molar-refractivity contribution < 1.29 is 14.3 Å². The summed E-state index contributed by atoms with van der Waals surface area (Å²) in [5.74, 6) is 1.03. The number of rotatable bonds is 6. The second-order valence-corrected chi connectivity index (χ2v) is 9.31. The Morgan fingerprint density at radius 3 is 2.31 bits per heavy atom. The van der Waals surface area contributed by atoms with Crippen molar-refractivity contribution in [2.24, 2.45) is 11.8 Å². The lowest BCUT2D eigenvalue weighted by Gasteiger charge is -2.37. The highest BCUT2D eigenvalue weighted by atomic mass is 35.5. The SMILES string of the molecule is CCCOc1ccc(C2=C(N3CC(C)CC(C)C3)C(=O)N(c3cccc(Cl)c3)C2=O)cc1. The molecular weight excluding hydrogens is 424 g/mol. The van der Waals surface area contributed by atoms with E-state index in [1.807, 2.05) is 24.3 Å². The number of nitrogens with zero attached hydrogens (tertiary/aromatic N) is 2. The number of piperidine rings is 1. The van der Waals surface area contributed by atoms with E-state index in [-0.39, 0.29) is 11.8 Å². The molecule has 0 aliphatic carbocycles. The minimum absolute atomic E-state index is 0.292. The van der Waals surface area contributed by atoms with Crippen molar-refractivity contribution in [3.8, 4) is 5.75 Å². The summed E-state index contributed by atoms with van der Waals surface area (Å²) in [6, 6.07) is 14.3. The standard InChI is InChI=1S/C26H29ClN2O3/c1-4-12-32-22-10-8-19(9-11-22)23-24(28-15-17(2)13-18(3)16-28)26(31)29(25(23)30)21-7-5-6-20(27)14-21/h5-11,14,17-18H,4,12-13,15-16H2,1-3H3. The van der Waals surface area contributed by atoms with Crippen LogP contribution in [0.4, 0.5) is 5.69 Å². The summed E-state index contributed by atoms with van der Waals surface area (Å²) < 4.78 is 5.69. The van der Waals surface area contributed by atoms with Crippen LogP contribution in [-0.2, 0) is 9.59 Å². The Kier molecular flexibility index (Phi) is 6.56. The third-order valence-electron chi connectivity index (χ3n) is 5.93. The molecule has 0 radical (unpaired) electrons. The van der Waals surface area contributed by atoms with E-state index in [1.165, 1.54) is 4.90 Å². The highest BCUT2D eigenvalue weighted by Crippen LogP contribution is 2.38. The fraction of sp³-hybridized carbons (Fsp3) is 0.385. The van der Waals surface area contributed by atoms with Gasteiger partial charge in [-0.15, -0.1) is 0 Å². The molecule has 168 valence electrons. The van der Waals surface area contributed by atoms with Crippen LogP contribution in [0.5, 0.6) is 5.75 Å². The van der Waals surface area contributed by atoms with Gasteiger partial charge in [0.15, 0.2) is 0 Å². The van der Waals surface area contributed by atoms with E-state index in [9.17, 15) is 9.59 Å². The molecule has 5 nitrogen and oxygen atoms in total. The normalized spacial score (nSPS) is 21.5. The molecule has 2 aliphatic heterocycles. The predicted octanol–water partition coefficient (Wildman–Crippen LogP) is 5.39. The van der Waals surface area contributed by atoms with Gasteiger partial charge in [0, 0.05) is 18.1 Å². The van der Waals surface area contributed by atoms with Crippen LogP contribution in [-0.4, -0.2) is 36.4 Å². The van der Waals surface area contributed by atoms with E-state index in [2.05, 4.69) is 25.7 Å². The van der Waals surface area contributed by atoms with Crippen LogP contribution in [0.2, 0.25) is 5.02 Å². The van der Waals surface area contributed by atoms with Crippen LogP contribution in [0, 0.1) is 11.8 Å². The number of hydrogen-bond acceptors (Lipinski definition) is 4. The third kappa shape index (κ3) is 4.40. The number of benzene rings is 2. The molecule has 0 bridgehead atoms. The number of ether oxygens (including phenoxy) is 1. The van der Waals surface area contributed by atoms with Gasteiger partial charge in [-0.1, -0.05) is 50.6 Å². The molecule has 4 rings (SSSR count). The fourth-order valence-corrected chi connectivity index (χ4v) is 4.89. The fourth-order valence-electron chi connectivity index (χ4n) is 4.70. The molecule has 1 fully saturated rings. The molecule has 2 heterocycles. The Morgan fingerprint density at radius 1 is 1.00 bits per heavy atom. The summed E-state index contributed by atoms with van der Waals surface area (Å²) in [5.41, 5.74) is 2.13. The Hall–Kier alpha value is -2.79.